The Bertz CT molecular complexity index is 873. The second kappa shape index (κ2) is 8.76. The van der Waals surface area contributed by atoms with Crippen LogP contribution in [0.1, 0.15) is 42.5 Å². The van der Waals surface area contributed by atoms with Crippen molar-refractivity contribution in [1.29, 1.82) is 0 Å². The first kappa shape index (κ1) is 19.6. The van der Waals surface area contributed by atoms with Gasteiger partial charge < -0.3 is 9.80 Å². The number of nitrogens with zero attached hydrogens (tertiary/aromatic N) is 2. The van der Waals surface area contributed by atoms with Crippen LogP contribution in [-0.2, 0) is 4.79 Å². The lowest BCUT2D eigenvalue weighted by Crippen LogP contribution is -2.39. The SMILES string of the molecule is O=C1CCCN1CCC1CCN(C(=O)c2ccc(-c3cccc(F)c3)cc2)CC1. The molecule has 0 aromatic heterocycles. The van der Waals surface area contributed by atoms with Crippen LogP contribution >= 0.6 is 0 Å². The minimum absolute atomic E-state index is 0.0592. The van der Waals surface area contributed by atoms with E-state index in [1.807, 2.05) is 40.1 Å². The van der Waals surface area contributed by atoms with Crippen molar-refractivity contribution in [2.24, 2.45) is 5.92 Å². The molecule has 0 bridgehead atoms. The lowest BCUT2D eigenvalue weighted by Gasteiger charge is -2.33. The number of hydrogen-bond donors (Lipinski definition) is 0. The number of likely N-dealkylation sites (tertiary alicyclic amines) is 2. The molecule has 2 amide bonds. The van der Waals surface area contributed by atoms with Gasteiger partial charge in [0.15, 0.2) is 0 Å². The number of rotatable bonds is 5. The molecule has 152 valence electrons. The Morgan fingerprint density at radius 3 is 2.41 bits per heavy atom. The van der Waals surface area contributed by atoms with Crippen LogP contribution in [0.4, 0.5) is 4.39 Å². The fraction of sp³-hybridized carbons (Fsp3) is 0.417. The molecule has 0 saturated carbocycles. The van der Waals surface area contributed by atoms with Crippen LogP contribution in [0, 0.1) is 11.7 Å². The van der Waals surface area contributed by atoms with Crippen LogP contribution in [0.15, 0.2) is 48.5 Å². The summed E-state index contributed by atoms with van der Waals surface area (Å²) in [5.41, 5.74) is 2.38. The van der Waals surface area contributed by atoms with Gasteiger partial charge >= 0.3 is 0 Å². The van der Waals surface area contributed by atoms with Crippen molar-refractivity contribution in [3.63, 3.8) is 0 Å². The third kappa shape index (κ3) is 4.66. The second-order valence-electron chi connectivity index (χ2n) is 8.10. The summed E-state index contributed by atoms with van der Waals surface area (Å²) in [6, 6.07) is 13.9. The Morgan fingerprint density at radius 1 is 1.00 bits per heavy atom. The first-order chi connectivity index (χ1) is 14.1. The Labute approximate surface area is 171 Å². The molecule has 2 saturated heterocycles. The first-order valence-corrected chi connectivity index (χ1v) is 10.5. The summed E-state index contributed by atoms with van der Waals surface area (Å²) in [4.78, 5) is 28.5. The molecule has 4 rings (SSSR count). The van der Waals surface area contributed by atoms with Crippen LogP contribution in [0.2, 0.25) is 0 Å². The summed E-state index contributed by atoms with van der Waals surface area (Å²) < 4.78 is 13.4. The molecule has 2 aliphatic rings. The number of carbonyl (C=O) groups excluding carboxylic acids is 2. The van der Waals surface area contributed by atoms with Gasteiger partial charge in [0.25, 0.3) is 5.91 Å². The Kier molecular flexibility index (Phi) is 5.93. The highest BCUT2D eigenvalue weighted by Gasteiger charge is 2.26. The number of hydrogen-bond acceptors (Lipinski definition) is 2. The van der Waals surface area contributed by atoms with Gasteiger partial charge in [0, 0.05) is 38.2 Å². The summed E-state index contributed by atoms with van der Waals surface area (Å²) >= 11 is 0. The van der Waals surface area contributed by atoms with Gasteiger partial charge in [0.05, 0.1) is 0 Å². The van der Waals surface area contributed by atoms with Crippen LogP contribution in [-0.4, -0.2) is 47.8 Å². The molecule has 29 heavy (non-hydrogen) atoms. The third-order valence-electron chi connectivity index (χ3n) is 6.17. The van der Waals surface area contributed by atoms with Crippen molar-refractivity contribution in [3.8, 4) is 11.1 Å². The van der Waals surface area contributed by atoms with Crippen LogP contribution in [0.3, 0.4) is 0 Å². The van der Waals surface area contributed by atoms with Gasteiger partial charge in [-0.15, -0.1) is 0 Å². The summed E-state index contributed by atoms with van der Waals surface area (Å²) in [5, 5.41) is 0. The highest BCUT2D eigenvalue weighted by atomic mass is 19.1. The predicted molar refractivity (Wildman–Crippen MR) is 111 cm³/mol. The van der Waals surface area contributed by atoms with Crippen molar-refractivity contribution in [3.05, 3.63) is 59.9 Å². The third-order valence-corrected chi connectivity index (χ3v) is 6.17. The van der Waals surface area contributed by atoms with E-state index in [-0.39, 0.29) is 11.7 Å². The monoisotopic (exact) mass is 394 g/mol. The summed E-state index contributed by atoms with van der Waals surface area (Å²) in [6.07, 6.45) is 4.72. The largest absolute Gasteiger partial charge is 0.343 e. The molecular weight excluding hydrogens is 367 g/mol. The minimum atomic E-state index is -0.264. The van der Waals surface area contributed by atoms with E-state index in [4.69, 9.17) is 0 Å². The van der Waals surface area contributed by atoms with Crippen molar-refractivity contribution >= 4 is 11.8 Å². The molecule has 0 atom stereocenters. The van der Waals surface area contributed by atoms with Crippen molar-refractivity contribution in [2.75, 3.05) is 26.2 Å². The highest BCUT2D eigenvalue weighted by Crippen LogP contribution is 2.25. The molecule has 0 radical (unpaired) electrons. The van der Waals surface area contributed by atoms with E-state index in [2.05, 4.69) is 0 Å². The summed E-state index contributed by atoms with van der Waals surface area (Å²) in [5.74, 6) is 0.672. The quantitative estimate of drug-likeness (QED) is 0.756. The summed E-state index contributed by atoms with van der Waals surface area (Å²) in [6.45, 7) is 3.30. The average Bonchev–Trinajstić information content (AvgIpc) is 3.17. The van der Waals surface area contributed by atoms with E-state index in [0.717, 1.165) is 63.0 Å². The Balaban J connectivity index is 1.29. The molecule has 5 heteroatoms. The van der Waals surface area contributed by atoms with Gasteiger partial charge in [-0.2, -0.15) is 0 Å². The standard InChI is InChI=1S/C24H27FN2O2/c25-22-4-1-3-21(17-22)19-6-8-20(9-7-19)24(29)27-15-11-18(12-16-27)10-14-26-13-2-5-23(26)28/h1,3-4,6-9,17-18H,2,5,10-16H2. The Morgan fingerprint density at radius 2 is 1.76 bits per heavy atom. The maximum atomic E-state index is 13.4. The van der Waals surface area contributed by atoms with Crippen molar-refractivity contribution < 1.29 is 14.0 Å². The lowest BCUT2D eigenvalue weighted by atomic mass is 9.93. The lowest BCUT2D eigenvalue weighted by molar-refractivity contribution is -0.127. The van der Waals surface area contributed by atoms with E-state index in [1.54, 1.807) is 6.07 Å². The van der Waals surface area contributed by atoms with E-state index in [9.17, 15) is 14.0 Å². The van der Waals surface area contributed by atoms with E-state index in [1.165, 1.54) is 12.1 Å². The molecular formula is C24H27FN2O2. The van der Waals surface area contributed by atoms with Gasteiger partial charge in [-0.1, -0.05) is 24.3 Å². The maximum Gasteiger partial charge on any atom is 0.253 e. The molecule has 4 nitrogen and oxygen atoms in total. The predicted octanol–water partition coefficient (Wildman–Crippen LogP) is 4.36. The first-order valence-electron chi connectivity index (χ1n) is 10.5. The normalized spacial score (nSPS) is 17.8. The molecule has 0 aliphatic carbocycles. The van der Waals surface area contributed by atoms with Crippen molar-refractivity contribution in [1.82, 2.24) is 9.80 Å². The van der Waals surface area contributed by atoms with E-state index in [0.29, 0.717) is 23.8 Å². The topological polar surface area (TPSA) is 40.6 Å². The zero-order valence-electron chi connectivity index (χ0n) is 16.6. The van der Waals surface area contributed by atoms with Gasteiger partial charge in [-0.3, -0.25) is 9.59 Å². The molecule has 0 spiro atoms. The number of halogens is 1. The molecule has 2 aromatic rings. The number of piperidine rings is 1. The fourth-order valence-electron chi connectivity index (χ4n) is 4.36. The molecule has 0 N–H and O–H groups in total. The number of carbonyl (C=O) groups is 2. The van der Waals surface area contributed by atoms with Gasteiger partial charge in [-0.05, 0) is 67.0 Å². The van der Waals surface area contributed by atoms with Crippen LogP contribution in [0.25, 0.3) is 11.1 Å². The number of benzene rings is 2. The number of amides is 2. The molecule has 0 unspecified atom stereocenters. The summed E-state index contributed by atoms with van der Waals surface area (Å²) in [7, 11) is 0. The molecule has 2 aliphatic heterocycles. The molecule has 2 heterocycles. The van der Waals surface area contributed by atoms with Gasteiger partial charge in [0.1, 0.15) is 5.82 Å². The molecule has 2 fully saturated rings. The maximum absolute atomic E-state index is 13.4. The van der Waals surface area contributed by atoms with Crippen LogP contribution in [0.5, 0.6) is 0 Å². The van der Waals surface area contributed by atoms with Crippen LogP contribution < -0.4 is 0 Å². The second-order valence-corrected chi connectivity index (χ2v) is 8.10. The average molecular weight is 394 g/mol. The zero-order chi connectivity index (χ0) is 20.2. The molecule has 2 aromatic carbocycles. The Hall–Kier alpha value is -2.69. The fourth-order valence-corrected chi connectivity index (χ4v) is 4.36. The van der Waals surface area contributed by atoms with Gasteiger partial charge in [-0.25, -0.2) is 4.39 Å². The van der Waals surface area contributed by atoms with Crippen molar-refractivity contribution in [2.45, 2.75) is 32.1 Å². The van der Waals surface area contributed by atoms with Gasteiger partial charge in [0.2, 0.25) is 5.91 Å². The smallest absolute Gasteiger partial charge is 0.253 e. The van der Waals surface area contributed by atoms with E-state index < -0.39 is 0 Å². The highest BCUT2D eigenvalue weighted by molar-refractivity contribution is 5.94. The van der Waals surface area contributed by atoms with E-state index >= 15 is 0 Å². The zero-order valence-corrected chi connectivity index (χ0v) is 16.6. The minimum Gasteiger partial charge on any atom is -0.343 e.